The van der Waals surface area contributed by atoms with E-state index in [0.29, 0.717) is 48.4 Å². The Kier molecular flexibility index (Phi) is 9.29. The largest absolute Gasteiger partial charge is 0.385 e. The zero-order chi connectivity index (χ0) is 39.4. The number of aromatic nitrogens is 4. The lowest BCUT2D eigenvalue weighted by molar-refractivity contribution is -0.120. The number of urea groups is 1. The molecule has 5 amide bonds. The molecule has 0 bridgehead atoms. The number of aryl methyl sites for hydroxylation is 1. The van der Waals surface area contributed by atoms with Crippen LogP contribution in [0.5, 0.6) is 0 Å². The Balaban J connectivity index is 0.794. The molecule has 0 unspecified atom stereocenters. The summed E-state index contributed by atoms with van der Waals surface area (Å²) >= 11 is 0. The number of carbonyl (C=O) groups is 4. The van der Waals surface area contributed by atoms with Crippen LogP contribution in [-0.2, 0) is 17.8 Å². The summed E-state index contributed by atoms with van der Waals surface area (Å²) in [7, 11) is 1.81. The molecule has 0 aliphatic carbocycles. The second-order valence-corrected chi connectivity index (χ2v) is 15.1. The molecule has 3 fully saturated rings. The van der Waals surface area contributed by atoms with E-state index in [9.17, 15) is 19.2 Å². The highest BCUT2D eigenvalue weighted by atomic mass is 16.2. The Morgan fingerprint density at radius 1 is 0.895 bits per heavy atom. The van der Waals surface area contributed by atoms with Gasteiger partial charge in [0.2, 0.25) is 5.91 Å². The summed E-state index contributed by atoms with van der Waals surface area (Å²) in [5.41, 5.74) is 14.6. The number of imide groups is 1. The lowest BCUT2D eigenvalue weighted by atomic mass is 10.0. The van der Waals surface area contributed by atoms with E-state index in [1.807, 2.05) is 49.3 Å². The fourth-order valence-corrected chi connectivity index (χ4v) is 8.49. The summed E-state index contributed by atoms with van der Waals surface area (Å²) in [5.74, 6) is -0.221. The average Bonchev–Trinajstić information content (AvgIpc) is 3.85. The van der Waals surface area contributed by atoms with Gasteiger partial charge in [0.05, 0.1) is 17.6 Å². The maximum absolute atomic E-state index is 13.5. The highest BCUT2D eigenvalue weighted by Gasteiger charge is 2.35. The minimum Gasteiger partial charge on any atom is -0.385 e. The van der Waals surface area contributed by atoms with Crippen LogP contribution in [0.2, 0.25) is 0 Å². The second-order valence-electron chi connectivity index (χ2n) is 15.1. The van der Waals surface area contributed by atoms with Gasteiger partial charge in [0, 0.05) is 113 Å². The van der Waals surface area contributed by atoms with E-state index < -0.39 is 11.9 Å². The molecule has 0 saturated carbocycles. The minimum atomic E-state index is -0.589. The van der Waals surface area contributed by atoms with Gasteiger partial charge in [-0.15, -0.1) is 5.10 Å². The molecule has 57 heavy (non-hydrogen) atoms. The van der Waals surface area contributed by atoms with Gasteiger partial charge >= 0.3 is 6.03 Å². The first kappa shape index (κ1) is 36.3. The van der Waals surface area contributed by atoms with Crippen LogP contribution in [0.15, 0.2) is 67.0 Å². The van der Waals surface area contributed by atoms with Crippen molar-refractivity contribution in [1.82, 2.24) is 39.6 Å². The van der Waals surface area contributed by atoms with Gasteiger partial charge in [-0.1, -0.05) is 24.3 Å². The van der Waals surface area contributed by atoms with E-state index in [2.05, 4.69) is 54.6 Å². The van der Waals surface area contributed by atoms with E-state index >= 15 is 0 Å². The van der Waals surface area contributed by atoms with E-state index in [0.717, 1.165) is 79.4 Å². The average molecular weight is 769 g/mol. The van der Waals surface area contributed by atoms with Gasteiger partial charge in [0.25, 0.3) is 11.8 Å². The van der Waals surface area contributed by atoms with Gasteiger partial charge in [0.15, 0.2) is 11.5 Å². The minimum absolute atomic E-state index is 0.0406. The summed E-state index contributed by atoms with van der Waals surface area (Å²) < 4.78 is 1.50. The van der Waals surface area contributed by atoms with Crippen molar-refractivity contribution in [3.05, 3.63) is 94.9 Å². The number of anilines is 4. The number of pyridine rings is 1. The van der Waals surface area contributed by atoms with Crippen LogP contribution in [0.3, 0.4) is 0 Å². The predicted octanol–water partition coefficient (Wildman–Crippen LogP) is 3.02. The first-order chi connectivity index (χ1) is 27.6. The summed E-state index contributed by atoms with van der Waals surface area (Å²) in [6.45, 7) is 8.60. The van der Waals surface area contributed by atoms with Crippen molar-refractivity contribution in [3.8, 4) is 11.3 Å². The van der Waals surface area contributed by atoms with Crippen molar-refractivity contribution in [2.45, 2.75) is 32.4 Å². The summed E-state index contributed by atoms with van der Waals surface area (Å²) in [6.07, 6.45) is 4.48. The van der Waals surface area contributed by atoms with Crippen LogP contribution in [-0.4, -0.2) is 123 Å². The first-order valence-corrected chi connectivity index (χ1v) is 19.3. The number of benzene rings is 2. The Hall–Kier alpha value is -6.39. The van der Waals surface area contributed by atoms with Crippen LogP contribution in [0, 0.1) is 6.92 Å². The number of nitrogens with zero attached hydrogens (tertiary/aromatic N) is 9. The van der Waals surface area contributed by atoms with Gasteiger partial charge in [-0.05, 0) is 54.3 Å². The third kappa shape index (κ3) is 6.69. The molecule has 3 aromatic heterocycles. The van der Waals surface area contributed by atoms with Crippen molar-refractivity contribution in [1.29, 1.82) is 0 Å². The molecule has 0 atom stereocenters. The number of nitrogens with two attached hydrogens (primary N) is 1. The number of amides is 5. The Bertz CT molecular complexity index is 2420. The second kappa shape index (κ2) is 14.6. The molecule has 4 N–H and O–H groups in total. The first-order valence-electron chi connectivity index (χ1n) is 19.3. The van der Waals surface area contributed by atoms with Crippen molar-refractivity contribution in [2.75, 3.05) is 74.5 Å². The normalized spacial score (nSPS) is 17.8. The molecule has 16 nitrogen and oxygen atoms in total. The molecule has 4 aliphatic rings. The van der Waals surface area contributed by atoms with Crippen LogP contribution >= 0.6 is 0 Å². The van der Waals surface area contributed by atoms with Crippen molar-refractivity contribution in [3.63, 3.8) is 0 Å². The molecule has 16 heteroatoms. The topological polar surface area (TPSA) is 178 Å². The van der Waals surface area contributed by atoms with Crippen LogP contribution in [0.4, 0.5) is 27.7 Å². The Labute approximate surface area is 329 Å². The number of carbonyl (C=O) groups excluding carboxylic acids is 4. The number of nitrogens with one attached hydrogen (secondary N) is 2. The van der Waals surface area contributed by atoms with Crippen molar-refractivity contribution >= 4 is 52.3 Å². The molecule has 0 spiro atoms. The SMILES string of the molecule is CNc1cc(N2CCc3c(-c4ccc(CN5CC(N6CCN(C(=O)c7ccc(C)c(N8CCC(=O)NC8=O)c7)CC6)C5)cn4)cccc32)nn2c(C(N)=O)cnc12. The number of primary amides is 1. The third-order valence-electron chi connectivity index (χ3n) is 11.6. The highest BCUT2D eigenvalue weighted by molar-refractivity contribution is 6.06. The number of fused-ring (bicyclic) bond motifs is 2. The molecule has 292 valence electrons. The molecule has 5 aromatic rings. The maximum atomic E-state index is 13.5. The third-order valence-corrected chi connectivity index (χ3v) is 11.6. The number of hydrogen-bond donors (Lipinski definition) is 3. The van der Waals surface area contributed by atoms with Crippen LogP contribution in [0.25, 0.3) is 16.9 Å². The summed E-state index contributed by atoms with van der Waals surface area (Å²) in [4.78, 5) is 69.5. The van der Waals surface area contributed by atoms with Gasteiger partial charge in [-0.25, -0.2) is 14.3 Å². The van der Waals surface area contributed by atoms with Gasteiger partial charge in [0.1, 0.15) is 5.69 Å². The predicted molar refractivity (Wildman–Crippen MR) is 215 cm³/mol. The molecular formula is C41H44N12O4. The van der Waals surface area contributed by atoms with Crippen LogP contribution < -0.4 is 26.2 Å². The Morgan fingerprint density at radius 3 is 2.44 bits per heavy atom. The molecule has 2 aromatic carbocycles. The van der Waals surface area contributed by atoms with Crippen molar-refractivity contribution in [2.24, 2.45) is 5.73 Å². The smallest absolute Gasteiger partial charge is 0.328 e. The number of imidazole rings is 1. The molecule has 9 rings (SSSR count). The molecule has 0 radical (unpaired) electrons. The Morgan fingerprint density at radius 2 is 1.70 bits per heavy atom. The standard InChI is InChI=1S/C41H44N12O4/c1-25-6-8-27(18-34(25)52-13-11-37(54)46-41(52)57)40(56)50-16-14-49(15-17-50)28-23-48(24-28)22-26-7-9-31(44-20-26)29-4-3-5-33-30(29)10-12-51(33)36-19-32(43-2)39-45-21-35(38(42)55)53(39)47-36/h3-9,18-21,28,43H,10-17,22-24H2,1-2H3,(H2,42,55)(H,46,54,57). The van der Waals surface area contributed by atoms with Crippen LogP contribution in [0.1, 0.15) is 44.0 Å². The lowest BCUT2D eigenvalue weighted by Crippen LogP contribution is -2.63. The molecule has 4 aliphatic heterocycles. The molecule has 7 heterocycles. The van der Waals surface area contributed by atoms with E-state index in [4.69, 9.17) is 15.8 Å². The summed E-state index contributed by atoms with van der Waals surface area (Å²) in [5, 5.41) is 10.3. The lowest BCUT2D eigenvalue weighted by Gasteiger charge is -2.48. The summed E-state index contributed by atoms with van der Waals surface area (Å²) in [6, 6.07) is 17.9. The molecule has 3 saturated heterocycles. The van der Waals surface area contributed by atoms with E-state index in [-0.39, 0.29) is 23.9 Å². The van der Waals surface area contributed by atoms with Gasteiger partial charge in [-0.2, -0.15) is 0 Å². The fraction of sp³-hybridized carbons (Fsp3) is 0.341. The zero-order valence-electron chi connectivity index (χ0n) is 31.9. The zero-order valence-corrected chi connectivity index (χ0v) is 31.9. The monoisotopic (exact) mass is 768 g/mol. The molecular weight excluding hydrogens is 725 g/mol. The number of rotatable bonds is 9. The van der Waals surface area contributed by atoms with Gasteiger partial charge < -0.3 is 20.9 Å². The number of hydrogen-bond acceptors (Lipinski definition) is 11. The number of piperazine rings is 1. The van der Waals surface area contributed by atoms with Crippen molar-refractivity contribution < 1.29 is 19.2 Å². The van der Waals surface area contributed by atoms with Gasteiger partial charge in [-0.3, -0.25) is 39.4 Å². The highest BCUT2D eigenvalue weighted by Crippen LogP contribution is 2.40. The maximum Gasteiger partial charge on any atom is 0.328 e. The van der Waals surface area contributed by atoms with E-state index in [1.165, 1.54) is 21.2 Å². The quantitative estimate of drug-likeness (QED) is 0.201. The fourth-order valence-electron chi connectivity index (χ4n) is 8.49. The number of likely N-dealkylation sites (tertiary alicyclic amines) is 1. The van der Waals surface area contributed by atoms with E-state index in [1.54, 1.807) is 6.07 Å².